The third kappa shape index (κ3) is 3.55. The standard InChI is InChI=1S/C9H12O5/c1-6(10)4-9(12)13-5-7-2-3-8(11)14-7/h7H,2-5H2,1H3. The van der Waals surface area contributed by atoms with Gasteiger partial charge >= 0.3 is 11.9 Å². The highest BCUT2D eigenvalue weighted by atomic mass is 16.6. The number of carbonyl (C=O) groups is 3. The minimum Gasteiger partial charge on any atom is -0.461 e. The molecule has 1 atom stereocenters. The van der Waals surface area contributed by atoms with Crippen LogP contribution in [-0.2, 0) is 23.9 Å². The molecule has 0 aromatic heterocycles. The van der Waals surface area contributed by atoms with Crippen LogP contribution in [0.25, 0.3) is 0 Å². The smallest absolute Gasteiger partial charge is 0.313 e. The summed E-state index contributed by atoms with van der Waals surface area (Å²) in [6.45, 7) is 1.37. The molecule has 0 aromatic carbocycles. The Balaban J connectivity index is 2.17. The molecule has 78 valence electrons. The normalized spacial score (nSPS) is 20.4. The summed E-state index contributed by atoms with van der Waals surface area (Å²) in [5.74, 6) is -1.07. The van der Waals surface area contributed by atoms with Crippen LogP contribution in [0.4, 0.5) is 0 Å². The van der Waals surface area contributed by atoms with Crippen molar-refractivity contribution in [1.82, 2.24) is 0 Å². The van der Waals surface area contributed by atoms with Gasteiger partial charge in [-0.15, -0.1) is 0 Å². The Morgan fingerprint density at radius 3 is 2.79 bits per heavy atom. The summed E-state index contributed by atoms with van der Waals surface area (Å²) in [6.07, 6.45) is 0.389. The van der Waals surface area contributed by atoms with Crippen LogP contribution in [0.3, 0.4) is 0 Å². The highest BCUT2D eigenvalue weighted by Gasteiger charge is 2.24. The van der Waals surface area contributed by atoms with Gasteiger partial charge in [-0.25, -0.2) is 0 Å². The molecule has 1 saturated heterocycles. The molecule has 1 aliphatic heterocycles. The number of ether oxygens (including phenoxy) is 2. The molecule has 1 rings (SSSR count). The zero-order valence-electron chi connectivity index (χ0n) is 7.95. The van der Waals surface area contributed by atoms with E-state index in [0.717, 1.165) is 0 Å². The Kier molecular flexibility index (Phi) is 3.62. The molecule has 0 N–H and O–H groups in total. The summed E-state index contributed by atoms with van der Waals surface area (Å²) >= 11 is 0. The van der Waals surface area contributed by atoms with E-state index in [1.165, 1.54) is 6.92 Å². The maximum Gasteiger partial charge on any atom is 0.313 e. The van der Waals surface area contributed by atoms with Crippen molar-refractivity contribution in [2.75, 3.05) is 6.61 Å². The molecule has 0 saturated carbocycles. The van der Waals surface area contributed by atoms with Crippen LogP contribution in [0.2, 0.25) is 0 Å². The highest BCUT2D eigenvalue weighted by Crippen LogP contribution is 2.13. The van der Waals surface area contributed by atoms with Gasteiger partial charge in [0, 0.05) is 6.42 Å². The topological polar surface area (TPSA) is 69.7 Å². The zero-order chi connectivity index (χ0) is 10.6. The number of hydrogen-bond acceptors (Lipinski definition) is 5. The Morgan fingerprint density at radius 1 is 1.57 bits per heavy atom. The maximum atomic E-state index is 10.9. The molecule has 1 aliphatic rings. The molecule has 1 heterocycles. The van der Waals surface area contributed by atoms with E-state index in [9.17, 15) is 14.4 Å². The maximum absolute atomic E-state index is 10.9. The molecule has 0 spiro atoms. The van der Waals surface area contributed by atoms with Crippen molar-refractivity contribution in [3.63, 3.8) is 0 Å². The molecule has 14 heavy (non-hydrogen) atoms. The lowest BCUT2D eigenvalue weighted by Crippen LogP contribution is -2.19. The quantitative estimate of drug-likeness (QED) is 0.479. The van der Waals surface area contributed by atoms with Gasteiger partial charge in [-0.05, 0) is 13.3 Å². The lowest BCUT2D eigenvalue weighted by molar-refractivity contribution is -0.153. The first-order chi connectivity index (χ1) is 6.58. The van der Waals surface area contributed by atoms with Gasteiger partial charge in [0.25, 0.3) is 0 Å². The van der Waals surface area contributed by atoms with Crippen molar-refractivity contribution in [3.05, 3.63) is 0 Å². The number of hydrogen-bond donors (Lipinski definition) is 0. The predicted molar refractivity (Wildman–Crippen MR) is 45.4 cm³/mol. The summed E-state index contributed by atoms with van der Waals surface area (Å²) in [6, 6.07) is 0. The van der Waals surface area contributed by atoms with Gasteiger partial charge in [0.1, 0.15) is 24.9 Å². The summed E-state index contributed by atoms with van der Waals surface area (Å²) < 4.78 is 9.56. The SMILES string of the molecule is CC(=O)CC(=O)OCC1CCC(=O)O1. The van der Waals surface area contributed by atoms with Gasteiger partial charge in [-0.1, -0.05) is 0 Å². The second-order valence-electron chi connectivity index (χ2n) is 3.21. The molecule has 0 aliphatic carbocycles. The molecular weight excluding hydrogens is 188 g/mol. The molecular formula is C9H12O5. The molecule has 0 radical (unpaired) electrons. The van der Waals surface area contributed by atoms with Crippen molar-refractivity contribution in [2.45, 2.75) is 32.3 Å². The van der Waals surface area contributed by atoms with Gasteiger partial charge in [0.15, 0.2) is 0 Å². The van der Waals surface area contributed by atoms with Gasteiger partial charge < -0.3 is 9.47 Å². The number of rotatable bonds is 4. The summed E-state index contributed by atoms with van der Waals surface area (Å²) in [5, 5.41) is 0. The Bertz CT molecular complexity index is 258. The van der Waals surface area contributed by atoms with Crippen molar-refractivity contribution in [1.29, 1.82) is 0 Å². The van der Waals surface area contributed by atoms with Crippen LogP contribution >= 0.6 is 0 Å². The van der Waals surface area contributed by atoms with E-state index in [1.54, 1.807) is 0 Å². The first-order valence-electron chi connectivity index (χ1n) is 4.42. The summed E-state index contributed by atoms with van der Waals surface area (Å²) in [7, 11) is 0. The molecule has 5 heteroatoms. The number of esters is 2. The molecule has 0 aromatic rings. The lowest BCUT2D eigenvalue weighted by atomic mass is 10.2. The van der Waals surface area contributed by atoms with Crippen LogP contribution in [0.1, 0.15) is 26.2 Å². The van der Waals surface area contributed by atoms with Crippen LogP contribution < -0.4 is 0 Å². The van der Waals surface area contributed by atoms with E-state index in [1.807, 2.05) is 0 Å². The Hall–Kier alpha value is -1.39. The minimum atomic E-state index is -0.569. The second-order valence-corrected chi connectivity index (χ2v) is 3.21. The Labute approximate surface area is 81.4 Å². The minimum absolute atomic E-state index is 0.0534. The highest BCUT2D eigenvalue weighted by molar-refractivity contribution is 5.94. The predicted octanol–water partition coefficient (Wildman–Crippen LogP) is 0.214. The van der Waals surface area contributed by atoms with Crippen molar-refractivity contribution in [2.24, 2.45) is 0 Å². The van der Waals surface area contributed by atoms with Crippen LogP contribution in [-0.4, -0.2) is 30.4 Å². The van der Waals surface area contributed by atoms with Crippen molar-refractivity contribution < 1.29 is 23.9 Å². The largest absolute Gasteiger partial charge is 0.461 e. The fourth-order valence-corrected chi connectivity index (χ4v) is 1.14. The second kappa shape index (κ2) is 4.74. The number of Topliss-reactive ketones (excluding diaryl/α,β-unsaturated/α-hetero) is 1. The molecule has 0 bridgehead atoms. The zero-order valence-corrected chi connectivity index (χ0v) is 7.95. The number of ketones is 1. The number of carbonyl (C=O) groups excluding carboxylic acids is 3. The third-order valence-corrected chi connectivity index (χ3v) is 1.79. The fraction of sp³-hybridized carbons (Fsp3) is 0.667. The molecule has 5 nitrogen and oxygen atoms in total. The average molecular weight is 200 g/mol. The van der Waals surface area contributed by atoms with Gasteiger partial charge in [-0.2, -0.15) is 0 Å². The molecule has 1 fully saturated rings. The monoisotopic (exact) mass is 200 g/mol. The van der Waals surface area contributed by atoms with E-state index in [-0.39, 0.29) is 30.9 Å². The molecule has 1 unspecified atom stereocenters. The lowest BCUT2D eigenvalue weighted by Gasteiger charge is -2.08. The van der Waals surface area contributed by atoms with E-state index in [0.29, 0.717) is 12.8 Å². The van der Waals surface area contributed by atoms with Crippen LogP contribution in [0.5, 0.6) is 0 Å². The van der Waals surface area contributed by atoms with Crippen LogP contribution in [0.15, 0.2) is 0 Å². The van der Waals surface area contributed by atoms with E-state index in [4.69, 9.17) is 9.47 Å². The van der Waals surface area contributed by atoms with Gasteiger partial charge in [0.05, 0.1) is 0 Å². The van der Waals surface area contributed by atoms with Crippen molar-refractivity contribution in [3.8, 4) is 0 Å². The summed E-state index contributed by atoms with van der Waals surface area (Å²) in [5.41, 5.74) is 0. The van der Waals surface area contributed by atoms with Crippen molar-refractivity contribution >= 4 is 17.7 Å². The van der Waals surface area contributed by atoms with Crippen LogP contribution in [0, 0.1) is 0 Å². The average Bonchev–Trinajstić information content (AvgIpc) is 2.47. The third-order valence-electron chi connectivity index (χ3n) is 1.79. The van der Waals surface area contributed by atoms with Gasteiger partial charge in [0.2, 0.25) is 0 Å². The van der Waals surface area contributed by atoms with Gasteiger partial charge in [-0.3, -0.25) is 14.4 Å². The van der Waals surface area contributed by atoms with E-state index >= 15 is 0 Å². The van der Waals surface area contributed by atoms with E-state index in [2.05, 4.69) is 0 Å². The Morgan fingerprint density at radius 2 is 2.29 bits per heavy atom. The first-order valence-corrected chi connectivity index (χ1v) is 4.42. The summed E-state index contributed by atoms with van der Waals surface area (Å²) in [4.78, 5) is 32.1. The fourth-order valence-electron chi connectivity index (χ4n) is 1.14. The van der Waals surface area contributed by atoms with E-state index < -0.39 is 5.97 Å². The molecule has 0 amide bonds. The number of cyclic esters (lactones) is 1. The first kappa shape index (κ1) is 10.7.